The van der Waals surface area contributed by atoms with Crippen molar-refractivity contribution in [1.82, 2.24) is 20.1 Å². The molecule has 19 heavy (non-hydrogen) atoms. The van der Waals surface area contributed by atoms with Gasteiger partial charge in [0.25, 0.3) is 5.89 Å². The maximum atomic E-state index is 13.1. The third kappa shape index (κ3) is 2.13. The Morgan fingerprint density at radius 2 is 2.11 bits per heavy atom. The largest absolute Gasteiger partial charge is 0.396 e. The molecule has 0 aliphatic heterocycles. The van der Waals surface area contributed by atoms with E-state index in [1.54, 1.807) is 12.3 Å². The zero-order valence-corrected chi connectivity index (χ0v) is 9.62. The summed E-state index contributed by atoms with van der Waals surface area (Å²) >= 11 is 0. The fourth-order valence-corrected chi connectivity index (χ4v) is 1.54. The van der Waals surface area contributed by atoms with Gasteiger partial charge < -0.3 is 10.3 Å². The second-order valence-electron chi connectivity index (χ2n) is 3.75. The molecule has 0 unspecified atom stereocenters. The lowest BCUT2D eigenvalue weighted by molar-refractivity contribution is 0.432. The second-order valence-corrected chi connectivity index (χ2v) is 3.75. The van der Waals surface area contributed by atoms with Crippen LogP contribution in [0.15, 0.2) is 41.3 Å². The molecule has 1 aromatic carbocycles. The average Bonchev–Trinajstić information content (AvgIpc) is 2.93. The summed E-state index contributed by atoms with van der Waals surface area (Å²) in [5.41, 5.74) is 6.61. The summed E-state index contributed by atoms with van der Waals surface area (Å²) in [6, 6.07) is 5.86. The van der Waals surface area contributed by atoms with E-state index in [0.29, 0.717) is 17.1 Å². The van der Waals surface area contributed by atoms with Crippen LogP contribution in [-0.4, -0.2) is 20.1 Å². The molecule has 0 saturated heterocycles. The summed E-state index contributed by atoms with van der Waals surface area (Å²) in [6.45, 7) is 0. The Labute approximate surface area is 107 Å². The molecule has 0 aliphatic rings. The highest BCUT2D eigenvalue weighted by Gasteiger charge is 2.12. The van der Waals surface area contributed by atoms with Gasteiger partial charge in [0.1, 0.15) is 17.8 Å². The summed E-state index contributed by atoms with van der Waals surface area (Å²) in [5.74, 6) is 0.0971. The van der Waals surface area contributed by atoms with E-state index in [-0.39, 0.29) is 11.6 Å². The van der Waals surface area contributed by atoms with Crippen LogP contribution in [0, 0.1) is 5.82 Å². The Hall–Kier alpha value is -2.83. The van der Waals surface area contributed by atoms with Gasteiger partial charge in [-0.3, -0.25) is 0 Å². The number of halogens is 1. The predicted molar refractivity (Wildman–Crippen MR) is 65.1 cm³/mol. The Bertz CT molecular complexity index is 713. The lowest BCUT2D eigenvalue weighted by Gasteiger charge is -1.97. The maximum absolute atomic E-state index is 13.1. The number of benzene rings is 1. The van der Waals surface area contributed by atoms with Crippen molar-refractivity contribution in [3.05, 3.63) is 42.6 Å². The monoisotopic (exact) mass is 257 g/mol. The third-order valence-electron chi connectivity index (χ3n) is 2.48. The van der Waals surface area contributed by atoms with Gasteiger partial charge in [0.2, 0.25) is 5.82 Å². The van der Waals surface area contributed by atoms with Crippen molar-refractivity contribution in [2.24, 2.45) is 0 Å². The molecule has 0 fully saturated rings. The van der Waals surface area contributed by atoms with Crippen molar-refractivity contribution in [1.29, 1.82) is 0 Å². The number of aromatic nitrogens is 4. The van der Waals surface area contributed by atoms with Crippen molar-refractivity contribution in [2.45, 2.75) is 0 Å². The number of hydrogen-bond donors (Lipinski definition) is 1. The molecular weight excluding hydrogens is 249 g/mol. The predicted octanol–water partition coefficient (Wildman–Crippen LogP) is 1.91. The second kappa shape index (κ2) is 4.45. The van der Waals surface area contributed by atoms with E-state index in [1.807, 2.05) is 0 Å². The van der Waals surface area contributed by atoms with Gasteiger partial charge in [0.15, 0.2) is 0 Å². The zero-order valence-electron chi connectivity index (χ0n) is 9.62. The molecule has 7 heteroatoms. The molecule has 0 radical (unpaired) electrons. The summed E-state index contributed by atoms with van der Waals surface area (Å²) < 4.78 is 18.2. The van der Waals surface area contributed by atoms with Gasteiger partial charge in [0.05, 0.1) is 5.69 Å². The quantitative estimate of drug-likeness (QED) is 0.705. The van der Waals surface area contributed by atoms with Crippen LogP contribution < -0.4 is 5.73 Å². The Morgan fingerprint density at radius 1 is 1.21 bits per heavy atom. The summed E-state index contributed by atoms with van der Waals surface area (Å²) in [7, 11) is 0. The van der Waals surface area contributed by atoms with Crippen LogP contribution in [0.2, 0.25) is 0 Å². The van der Waals surface area contributed by atoms with Crippen LogP contribution in [0.5, 0.6) is 0 Å². The van der Waals surface area contributed by atoms with Crippen molar-refractivity contribution in [2.75, 3.05) is 5.73 Å². The summed E-state index contributed by atoms with van der Waals surface area (Å²) in [6.07, 6.45) is 2.97. The molecule has 2 heterocycles. The topological polar surface area (TPSA) is 90.7 Å². The van der Waals surface area contributed by atoms with Crippen molar-refractivity contribution in [3.63, 3.8) is 0 Å². The van der Waals surface area contributed by atoms with Crippen LogP contribution in [0.4, 0.5) is 10.1 Å². The molecule has 0 amide bonds. The van der Waals surface area contributed by atoms with Crippen LogP contribution in [0.3, 0.4) is 0 Å². The van der Waals surface area contributed by atoms with E-state index in [4.69, 9.17) is 10.3 Å². The number of hydrogen-bond acceptors (Lipinski definition) is 6. The average molecular weight is 257 g/mol. The van der Waals surface area contributed by atoms with E-state index < -0.39 is 5.82 Å². The first-order valence-corrected chi connectivity index (χ1v) is 5.39. The molecule has 0 aliphatic carbocycles. The highest BCUT2D eigenvalue weighted by atomic mass is 19.1. The van der Waals surface area contributed by atoms with E-state index in [2.05, 4.69) is 20.1 Å². The van der Waals surface area contributed by atoms with Gasteiger partial charge in [-0.25, -0.2) is 14.4 Å². The molecule has 94 valence electrons. The number of nitrogens with two attached hydrogens (primary N) is 1. The molecule has 3 aromatic rings. The summed E-state index contributed by atoms with van der Waals surface area (Å²) in [4.78, 5) is 12.0. The number of anilines is 1. The SMILES string of the molecule is Nc1cc(-c2nc(-c3ccncn3)no2)ccc1F. The molecule has 6 nitrogen and oxygen atoms in total. The van der Waals surface area contributed by atoms with Crippen molar-refractivity contribution < 1.29 is 8.91 Å². The summed E-state index contributed by atoms with van der Waals surface area (Å²) in [5, 5.41) is 3.80. The van der Waals surface area contributed by atoms with Crippen LogP contribution in [-0.2, 0) is 0 Å². The standard InChI is InChI=1S/C12H8FN5O/c13-8-2-1-7(5-9(8)14)12-17-11(18-19-12)10-3-4-15-6-16-10/h1-6H,14H2. The van der Waals surface area contributed by atoms with Gasteiger partial charge >= 0.3 is 0 Å². The number of nitrogen functional groups attached to an aromatic ring is 1. The molecule has 3 rings (SSSR count). The number of nitrogens with zero attached hydrogens (tertiary/aromatic N) is 4. The molecule has 2 aromatic heterocycles. The minimum atomic E-state index is -0.487. The van der Waals surface area contributed by atoms with Gasteiger partial charge in [-0.2, -0.15) is 4.98 Å². The van der Waals surface area contributed by atoms with Crippen LogP contribution in [0.1, 0.15) is 0 Å². The Morgan fingerprint density at radius 3 is 2.84 bits per heavy atom. The minimum Gasteiger partial charge on any atom is -0.396 e. The fourth-order valence-electron chi connectivity index (χ4n) is 1.54. The fraction of sp³-hybridized carbons (Fsp3) is 0. The third-order valence-corrected chi connectivity index (χ3v) is 2.48. The van der Waals surface area contributed by atoms with Crippen molar-refractivity contribution in [3.8, 4) is 23.0 Å². The molecule has 0 saturated carbocycles. The van der Waals surface area contributed by atoms with E-state index >= 15 is 0 Å². The van der Waals surface area contributed by atoms with Gasteiger partial charge in [-0.1, -0.05) is 5.16 Å². The zero-order chi connectivity index (χ0) is 13.2. The molecule has 2 N–H and O–H groups in total. The van der Waals surface area contributed by atoms with E-state index in [9.17, 15) is 4.39 Å². The molecule has 0 bridgehead atoms. The normalized spacial score (nSPS) is 10.6. The smallest absolute Gasteiger partial charge is 0.258 e. The van der Waals surface area contributed by atoms with E-state index in [1.165, 1.54) is 24.5 Å². The molecular formula is C12H8FN5O. The highest BCUT2D eigenvalue weighted by Crippen LogP contribution is 2.23. The first-order valence-electron chi connectivity index (χ1n) is 5.39. The van der Waals surface area contributed by atoms with Gasteiger partial charge in [-0.15, -0.1) is 0 Å². The van der Waals surface area contributed by atoms with Gasteiger partial charge in [-0.05, 0) is 24.3 Å². The maximum Gasteiger partial charge on any atom is 0.258 e. The molecule has 0 atom stereocenters. The lowest BCUT2D eigenvalue weighted by Crippen LogP contribution is -1.91. The van der Waals surface area contributed by atoms with E-state index in [0.717, 1.165) is 0 Å². The van der Waals surface area contributed by atoms with Crippen LogP contribution in [0.25, 0.3) is 23.0 Å². The van der Waals surface area contributed by atoms with Crippen LogP contribution >= 0.6 is 0 Å². The first-order chi connectivity index (χ1) is 9.24. The van der Waals surface area contributed by atoms with Gasteiger partial charge in [0, 0.05) is 11.8 Å². The molecule has 0 spiro atoms. The Kier molecular flexibility index (Phi) is 2.64. The Balaban J connectivity index is 1.99. The first kappa shape index (κ1) is 11.3. The minimum absolute atomic E-state index is 0.0271. The highest BCUT2D eigenvalue weighted by molar-refractivity contribution is 5.62. The number of rotatable bonds is 2. The lowest BCUT2D eigenvalue weighted by atomic mass is 10.2. The van der Waals surface area contributed by atoms with Crippen molar-refractivity contribution >= 4 is 5.69 Å².